The van der Waals surface area contributed by atoms with Gasteiger partial charge in [-0.15, -0.1) is 0 Å². The van der Waals surface area contributed by atoms with Gasteiger partial charge in [-0.1, -0.05) is 6.58 Å². The molecule has 78 valence electrons. The molecule has 1 aromatic carbocycles. The molecule has 2 rings (SSSR count). The summed E-state index contributed by atoms with van der Waals surface area (Å²) in [5.74, 6) is -0.597. The molecule has 0 spiro atoms. The molecule has 1 aromatic rings. The van der Waals surface area contributed by atoms with Gasteiger partial charge >= 0.3 is 0 Å². The van der Waals surface area contributed by atoms with Crippen LogP contribution < -0.4 is 5.32 Å². The number of allylic oxidation sites excluding steroid dienone is 1. The van der Waals surface area contributed by atoms with Crippen LogP contribution in [-0.2, 0) is 6.42 Å². The highest BCUT2D eigenvalue weighted by atomic mass is 19.1. The number of nitro groups is 1. The Labute approximate surface area is 85.6 Å². The van der Waals surface area contributed by atoms with Gasteiger partial charge in [0.15, 0.2) is 5.82 Å². The maximum atomic E-state index is 13.5. The smallest absolute Gasteiger partial charge is 0.272 e. The molecule has 0 amide bonds. The third-order valence-electron chi connectivity index (χ3n) is 2.37. The van der Waals surface area contributed by atoms with Crippen molar-refractivity contribution in [2.45, 2.75) is 12.8 Å². The van der Waals surface area contributed by atoms with Gasteiger partial charge in [0, 0.05) is 11.8 Å². The second kappa shape index (κ2) is 3.34. The Morgan fingerprint density at radius 3 is 2.87 bits per heavy atom. The van der Waals surface area contributed by atoms with E-state index in [9.17, 15) is 14.5 Å². The number of halogens is 1. The van der Waals surface area contributed by atoms with Gasteiger partial charge in [-0.05, 0) is 18.4 Å². The molecule has 0 bridgehead atoms. The van der Waals surface area contributed by atoms with Crippen molar-refractivity contribution in [3.8, 4) is 0 Å². The van der Waals surface area contributed by atoms with E-state index in [0.29, 0.717) is 24.1 Å². The van der Waals surface area contributed by atoms with Gasteiger partial charge in [-0.25, -0.2) is 4.39 Å². The molecule has 0 radical (unpaired) electrons. The average molecular weight is 208 g/mol. The fourth-order valence-electron chi connectivity index (χ4n) is 1.62. The predicted molar refractivity (Wildman–Crippen MR) is 54.1 cm³/mol. The Kier molecular flexibility index (Phi) is 2.15. The maximum Gasteiger partial charge on any atom is 0.272 e. The molecule has 4 nitrogen and oxygen atoms in total. The summed E-state index contributed by atoms with van der Waals surface area (Å²) in [5.41, 5.74) is 1.47. The normalized spacial score (nSPS) is 14.3. The third-order valence-corrected chi connectivity index (χ3v) is 2.37. The van der Waals surface area contributed by atoms with Crippen molar-refractivity contribution in [3.05, 3.63) is 45.9 Å². The second-order valence-electron chi connectivity index (χ2n) is 3.45. The molecule has 0 unspecified atom stereocenters. The van der Waals surface area contributed by atoms with Gasteiger partial charge in [0.1, 0.15) is 0 Å². The molecule has 1 heterocycles. The van der Waals surface area contributed by atoms with Crippen LogP contribution in [0.4, 0.5) is 15.8 Å². The van der Waals surface area contributed by atoms with Crippen LogP contribution in [0, 0.1) is 15.9 Å². The number of hydrogen-bond donors (Lipinski definition) is 1. The van der Waals surface area contributed by atoms with E-state index in [0.717, 1.165) is 11.8 Å². The Morgan fingerprint density at radius 1 is 1.47 bits per heavy atom. The van der Waals surface area contributed by atoms with Gasteiger partial charge < -0.3 is 5.32 Å². The first kappa shape index (κ1) is 9.64. The molecule has 0 atom stereocenters. The molecule has 5 heteroatoms. The van der Waals surface area contributed by atoms with Crippen LogP contribution in [-0.4, -0.2) is 4.92 Å². The van der Waals surface area contributed by atoms with Crippen LogP contribution in [0.3, 0.4) is 0 Å². The van der Waals surface area contributed by atoms with Crippen LogP contribution in [0.2, 0.25) is 0 Å². The molecule has 1 aliphatic rings. The molecule has 0 fully saturated rings. The van der Waals surface area contributed by atoms with Crippen LogP contribution in [0.15, 0.2) is 24.4 Å². The first-order valence-corrected chi connectivity index (χ1v) is 4.49. The van der Waals surface area contributed by atoms with Crippen molar-refractivity contribution in [2.75, 3.05) is 5.32 Å². The number of aryl methyl sites for hydroxylation is 1. The molecule has 0 aromatic heterocycles. The van der Waals surface area contributed by atoms with Crippen molar-refractivity contribution in [2.24, 2.45) is 0 Å². The van der Waals surface area contributed by atoms with Crippen molar-refractivity contribution in [1.29, 1.82) is 0 Å². The Bertz CT molecular complexity index is 457. The number of rotatable bonds is 1. The van der Waals surface area contributed by atoms with Crippen molar-refractivity contribution >= 4 is 11.4 Å². The SMILES string of the molecule is C=C1CCc2cc([N+](=O)[O-])cc(F)c2N1. The molecule has 0 saturated carbocycles. The van der Waals surface area contributed by atoms with E-state index < -0.39 is 10.7 Å². The molecule has 1 N–H and O–H groups in total. The summed E-state index contributed by atoms with van der Waals surface area (Å²) in [6.07, 6.45) is 1.26. The lowest BCUT2D eigenvalue weighted by Crippen LogP contribution is -2.11. The number of anilines is 1. The summed E-state index contributed by atoms with van der Waals surface area (Å²) in [6.45, 7) is 3.70. The van der Waals surface area contributed by atoms with E-state index in [1.54, 1.807) is 0 Å². The van der Waals surface area contributed by atoms with E-state index in [1.165, 1.54) is 6.07 Å². The summed E-state index contributed by atoms with van der Waals surface area (Å²) in [7, 11) is 0. The molecular formula is C10H9FN2O2. The minimum atomic E-state index is -0.597. The monoisotopic (exact) mass is 208 g/mol. The fourth-order valence-corrected chi connectivity index (χ4v) is 1.62. The van der Waals surface area contributed by atoms with Gasteiger partial charge in [-0.3, -0.25) is 10.1 Å². The first-order chi connectivity index (χ1) is 7.08. The molecular weight excluding hydrogens is 199 g/mol. The summed E-state index contributed by atoms with van der Waals surface area (Å²) in [6, 6.07) is 2.32. The van der Waals surface area contributed by atoms with Crippen molar-refractivity contribution in [1.82, 2.24) is 0 Å². The predicted octanol–water partition coefficient (Wildman–Crippen LogP) is 2.61. The largest absolute Gasteiger partial charge is 0.357 e. The number of fused-ring (bicyclic) bond motifs is 1. The Hall–Kier alpha value is -1.91. The van der Waals surface area contributed by atoms with E-state index in [-0.39, 0.29) is 5.69 Å². The summed E-state index contributed by atoms with van der Waals surface area (Å²) < 4.78 is 13.5. The maximum absolute atomic E-state index is 13.5. The molecule has 0 aliphatic carbocycles. The Balaban J connectivity index is 2.52. The lowest BCUT2D eigenvalue weighted by molar-refractivity contribution is -0.385. The summed E-state index contributed by atoms with van der Waals surface area (Å²) >= 11 is 0. The molecule has 0 saturated heterocycles. The number of nitrogens with one attached hydrogen (secondary N) is 1. The standard InChI is InChI=1S/C10H9FN2O2/c1-6-2-3-7-4-8(13(14)15)5-9(11)10(7)12-6/h4-5,12H,1-3H2. The van der Waals surface area contributed by atoms with Crippen LogP contribution in [0.5, 0.6) is 0 Å². The number of nitro benzene ring substituents is 1. The number of hydrogen-bond acceptors (Lipinski definition) is 3. The van der Waals surface area contributed by atoms with E-state index in [1.807, 2.05) is 0 Å². The number of benzene rings is 1. The quantitative estimate of drug-likeness (QED) is 0.570. The third kappa shape index (κ3) is 1.68. The van der Waals surface area contributed by atoms with Gasteiger partial charge in [0.25, 0.3) is 5.69 Å². The zero-order valence-corrected chi connectivity index (χ0v) is 7.92. The van der Waals surface area contributed by atoms with Crippen LogP contribution in [0.25, 0.3) is 0 Å². The lowest BCUT2D eigenvalue weighted by Gasteiger charge is -2.19. The zero-order chi connectivity index (χ0) is 11.0. The average Bonchev–Trinajstić information content (AvgIpc) is 2.18. The highest BCUT2D eigenvalue weighted by molar-refractivity contribution is 5.61. The minimum Gasteiger partial charge on any atom is -0.357 e. The number of non-ortho nitro benzene ring substituents is 1. The highest BCUT2D eigenvalue weighted by Gasteiger charge is 2.20. The van der Waals surface area contributed by atoms with E-state index in [2.05, 4.69) is 11.9 Å². The second-order valence-corrected chi connectivity index (χ2v) is 3.45. The zero-order valence-electron chi connectivity index (χ0n) is 7.92. The number of nitrogens with zero attached hydrogens (tertiary/aromatic N) is 1. The summed E-state index contributed by atoms with van der Waals surface area (Å²) in [4.78, 5) is 9.91. The van der Waals surface area contributed by atoms with Gasteiger partial charge in [0.05, 0.1) is 16.7 Å². The van der Waals surface area contributed by atoms with E-state index in [4.69, 9.17) is 0 Å². The van der Waals surface area contributed by atoms with Gasteiger partial charge in [-0.2, -0.15) is 0 Å². The van der Waals surface area contributed by atoms with Crippen LogP contribution >= 0.6 is 0 Å². The minimum absolute atomic E-state index is 0.208. The topological polar surface area (TPSA) is 55.2 Å². The highest BCUT2D eigenvalue weighted by Crippen LogP contribution is 2.32. The van der Waals surface area contributed by atoms with Crippen molar-refractivity contribution in [3.63, 3.8) is 0 Å². The molecule has 1 aliphatic heterocycles. The van der Waals surface area contributed by atoms with Crippen molar-refractivity contribution < 1.29 is 9.31 Å². The first-order valence-electron chi connectivity index (χ1n) is 4.49. The summed E-state index contributed by atoms with van der Waals surface area (Å²) in [5, 5.41) is 13.3. The molecule has 15 heavy (non-hydrogen) atoms. The van der Waals surface area contributed by atoms with Gasteiger partial charge in [0.2, 0.25) is 0 Å². The van der Waals surface area contributed by atoms with E-state index >= 15 is 0 Å². The Morgan fingerprint density at radius 2 is 2.20 bits per heavy atom. The van der Waals surface area contributed by atoms with Crippen LogP contribution in [0.1, 0.15) is 12.0 Å². The lowest BCUT2D eigenvalue weighted by atomic mass is 10.0. The fraction of sp³-hybridized carbons (Fsp3) is 0.200.